The number of hydrogen-bond donors (Lipinski definition) is 1. The van der Waals surface area contributed by atoms with E-state index in [1.807, 2.05) is 12.1 Å². The van der Waals surface area contributed by atoms with Crippen LogP contribution in [0.15, 0.2) is 24.3 Å². The first kappa shape index (κ1) is 13.9. The molecule has 1 fully saturated rings. The van der Waals surface area contributed by atoms with E-state index in [1.165, 1.54) is 0 Å². The van der Waals surface area contributed by atoms with Crippen LogP contribution in [-0.4, -0.2) is 35.4 Å². The van der Waals surface area contributed by atoms with Gasteiger partial charge in [0.25, 0.3) is 17.4 Å². The number of amides is 2. The Labute approximate surface area is 124 Å². The van der Waals surface area contributed by atoms with Gasteiger partial charge in [0.1, 0.15) is 5.75 Å². The Kier molecular flexibility index (Phi) is 3.35. The van der Waals surface area contributed by atoms with Gasteiger partial charge in [-0.2, -0.15) is 0 Å². The van der Waals surface area contributed by atoms with Gasteiger partial charge in [-0.25, -0.2) is 0 Å². The fraction of sp³-hybridized carbons (Fsp3) is 0.500. The summed E-state index contributed by atoms with van der Waals surface area (Å²) in [6, 6.07) is 7.17. The minimum atomic E-state index is -1.48. The van der Waals surface area contributed by atoms with Gasteiger partial charge in [0.15, 0.2) is 0 Å². The van der Waals surface area contributed by atoms with Crippen molar-refractivity contribution in [3.8, 4) is 5.75 Å². The number of anilines is 1. The molecule has 112 valence electrons. The van der Waals surface area contributed by atoms with E-state index in [0.29, 0.717) is 30.4 Å². The Morgan fingerprint density at radius 2 is 2.19 bits per heavy atom. The van der Waals surface area contributed by atoms with Crippen molar-refractivity contribution in [2.45, 2.75) is 32.3 Å². The van der Waals surface area contributed by atoms with Crippen LogP contribution in [0.25, 0.3) is 0 Å². The van der Waals surface area contributed by atoms with Crippen LogP contribution < -0.4 is 10.1 Å². The van der Waals surface area contributed by atoms with Crippen molar-refractivity contribution >= 4 is 17.5 Å². The average molecular weight is 288 g/mol. The standard InChI is InChI=1S/C16H20N2O3/c1-11-6-5-9-18(10-11)15(20)16(2)14(19)17-12-7-3-4-8-13(12)21-16/h3-4,7-8,11H,5-6,9-10H2,1-2H3,(H,17,19). The van der Waals surface area contributed by atoms with Crippen molar-refractivity contribution in [1.82, 2.24) is 4.90 Å². The first-order valence-corrected chi connectivity index (χ1v) is 7.39. The van der Waals surface area contributed by atoms with Crippen molar-refractivity contribution in [1.29, 1.82) is 0 Å². The molecule has 1 aromatic carbocycles. The van der Waals surface area contributed by atoms with Crippen molar-refractivity contribution in [3.05, 3.63) is 24.3 Å². The van der Waals surface area contributed by atoms with Crippen LogP contribution in [0.5, 0.6) is 5.75 Å². The summed E-state index contributed by atoms with van der Waals surface area (Å²) in [7, 11) is 0. The van der Waals surface area contributed by atoms with E-state index in [9.17, 15) is 9.59 Å². The van der Waals surface area contributed by atoms with Gasteiger partial charge in [0.05, 0.1) is 5.69 Å². The van der Waals surface area contributed by atoms with Gasteiger partial charge in [-0.05, 0) is 37.8 Å². The second kappa shape index (κ2) is 5.06. The molecule has 1 N–H and O–H groups in total. The molecule has 1 saturated heterocycles. The fourth-order valence-electron chi connectivity index (χ4n) is 2.98. The number of likely N-dealkylation sites (tertiary alicyclic amines) is 1. The summed E-state index contributed by atoms with van der Waals surface area (Å²) in [6.07, 6.45) is 2.09. The largest absolute Gasteiger partial charge is 0.466 e. The summed E-state index contributed by atoms with van der Waals surface area (Å²) >= 11 is 0. The highest BCUT2D eigenvalue weighted by atomic mass is 16.5. The fourth-order valence-corrected chi connectivity index (χ4v) is 2.98. The maximum atomic E-state index is 12.8. The molecule has 3 rings (SSSR count). The smallest absolute Gasteiger partial charge is 0.278 e. The van der Waals surface area contributed by atoms with E-state index in [2.05, 4.69) is 12.2 Å². The number of para-hydroxylation sites is 2. The van der Waals surface area contributed by atoms with E-state index in [0.717, 1.165) is 12.8 Å². The zero-order chi connectivity index (χ0) is 15.0. The second-order valence-corrected chi connectivity index (χ2v) is 6.08. The van der Waals surface area contributed by atoms with Gasteiger partial charge < -0.3 is 15.0 Å². The molecule has 2 aliphatic heterocycles. The summed E-state index contributed by atoms with van der Waals surface area (Å²) in [5.41, 5.74) is -0.870. The summed E-state index contributed by atoms with van der Waals surface area (Å²) in [4.78, 5) is 26.9. The van der Waals surface area contributed by atoms with Gasteiger partial charge in [-0.3, -0.25) is 9.59 Å². The molecule has 5 nitrogen and oxygen atoms in total. The molecule has 5 heteroatoms. The molecule has 21 heavy (non-hydrogen) atoms. The molecular formula is C16H20N2O3. The summed E-state index contributed by atoms with van der Waals surface area (Å²) in [5.74, 6) is 0.355. The molecule has 2 heterocycles. The molecule has 0 bridgehead atoms. The molecule has 0 radical (unpaired) electrons. The first-order valence-electron chi connectivity index (χ1n) is 7.39. The molecule has 2 amide bonds. The Morgan fingerprint density at radius 1 is 1.43 bits per heavy atom. The molecule has 0 spiro atoms. The molecule has 2 aliphatic rings. The van der Waals surface area contributed by atoms with E-state index < -0.39 is 11.5 Å². The minimum Gasteiger partial charge on any atom is -0.466 e. The number of benzene rings is 1. The van der Waals surface area contributed by atoms with E-state index in [-0.39, 0.29) is 5.91 Å². The number of rotatable bonds is 1. The van der Waals surface area contributed by atoms with Crippen molar-refractivity contribution in [3.63, 3.8) is 0 Å². The normalized spacial score (nSPS) is 28.4. The van der Waals surface area contributed by atoms with Crippen LogP contribution in [-0.2, 0) is 9.59 Å². The molecule has 0 aliphatic carbocycles. The number of nitrogens with one attached hydrogen (secondary N) is 1. The van der Waals surface area contributed by atoms with E-state index in [4.69, 9.17) is 4.74 Å². The average Bonchev–Trinajstić information content (AvgIpc) is 2.47. The zero-order valence-electron chi connectivity index (χ0n) is 12.4. The van der Waals surface area contributed by atoms with E-state index in [1.54, 1.807) is 24.0 Å². The van der Waals surface area contributed by atoms with Crippen LogP contribution in [0.2, 0.25) is 0 Å². The molecule has 0 saturated carbocycles. The maximum absolute atomic E-state index is 12.8. The Balaban J connectivity index is 1.86. The van der Waals surface area contributed by atoms with Crippen molar-refractivity contribution < 1.29 is 14.3 Å². The number of hydrogen-bond acceptors (Lipinski definition) is 3. The quantitative estimate of drug-likeness (QED) is 0.804. The number of fused-ring (bicyclic) bond motifs is 1. The van der Waals surface area contributed by atoms with Crippen LogP contribution in [0, 0.1) is 5.92 Å². The van der Waals surface area contributed by atoms with E-state index >= 15 is 0 Å². The van der Waals surface area contributed by atoms with Crippen LogP contribution in [0.3, 0.4) is 0 Å². The third-order valence-electron chi connectivity index (χ3n) is 4.23. The second-order valence-electron chi connectivity index (χ2n) is 6.08. The van der Waals surface area contributed by atoms with Crippen molar-refractivity contribution in [2.24, 2.45) is 5.92 Å². The molecule has 2 unspecified atom stereocenters. The van der Waals surface area contributed by atoms with Gasteiger partial charge in [-0.1, -0.05) is 19.1 Å². The predicted octanol–water partition coefficient (Wildman–Crippen LogP) is 2.03. The monoisotopic (exact) mass is 288 g/mol. The highest BCUT2D eigenvalue weighted by Crippen LogP contribution is 2.34. The summed E-state index contributed by atoms with van der Waals surface area (Å²) < 4.78 is 5.78. The molecule has 1 aromatic rings. The maximum Gasteiger partial charge on any atom is 0.278 e. The lowest BCUT2D eigenvalue weighted by atomic mass is 9.95. The molecule has 2 atom stereocenters. The molecule has 0 aromatic heterocycles. The Bertz CT molecular complexity index is 587. The van der Waals surface area contributed by atoms with Gasteiger partial charge in [0.2, 0.25) is 0 Å². The van der Waals surface area contributed by atoms with Gasteiger partial charge >= 0.3 is 0 Å². The lowest BCUT2D eigenvalue weighted by molar-refractivity contribution is -0.155. The number of piperidine rings is 1. The number of carbonyl (C=O) groups is 2. The van der Waals surface area contributed by atoms with Crippen molar-refractivity contribution in [2.75, 3.05) is 18.4 Å². The number of ether oxygens (including phenoxy) is 1. The van der Waals surface area contributed by atoms with Crippen LogP contribution in [0.1, 0.15) is 26.7 Å². The van der Waals surface area contributed by atoms with Crippen LogP contribution in [0.4, 0.5) is 5.69 Å². The number of carbonyl (C=O) groups excluding carboxylic acids is 2. The highest BCUT2D eigenvalue weighted by molar-refractivity contribution is 6.15. The third kappa shape index (κ3) is 2.37. The molecular weight excluding hydrogens is 268 g/mol. The summed E-state index contributed by atoms with van der Waals surface area (Å²) in [6.45, 7) is 5.06. The zero-order valence-corrected chi connectivity index (χ0v) is 12.4. The first-order chi connectivity index (χ1) is 10.0. The lowest BCUT2D eigenvalue weighted by Gasteiger charge is -2.39. The highest BCUT2D eigenvalue weighted by Gasteiger charge is 2.49. The SMILES string of the molecule is CC1CCCN(C(=O)C2(C)Oc3ccccc3NC2=O)C1. The number of nitrogens with zero attached hydrogens (tertiary/aromatic N) is 1. The Morgan fingerprint density at radius 3 is 2.95 bits per heavy atom. The minimum absolute atomic E-state index is 0.249. The topological polar surface area (TPSA) is 58.6 Å². The van der Waals surface area contributed by atoms with Gasteiger partial charge in [-0.15, -0.1) is 0 Å². The lowest BCUT2D eigenvalue weighted by Crippen LogP contribution is -2.60. The summed E-state index contributed by atoms with van der Waals surface area (Å²) in [5, 5.41) is 2.77. The van der Waals surface area contributed by atoms with Crippen LogP contribution >= 0.6 is 0 Å². The van der Waals surface area contributed by atoms with Gasteiger partial charge in [0, 0.05) is 13.1 Å². The Hall–Kier alpha value is -2.04. The predicted molar refractivity (Wildman–Crippen MR) is 79.1 cm³/mol. The third-order valence-corrected chi connectivity index (χ3v) is 4.23.